The Kier molecular flexibility index (Phi) is 5.65. The largest absolute Gasteiger partial charge is 0.442 e. The number of aromatic nitrogens is 1. The molecule has 3 amide bonds. The lowest BCUT2D eigenvalue weighted by Crippen LogP contribution is -2.33. The molecule has 3 heterocycles. The van der Waals surface area contributed by atoms with E-state index in [1.165, 1.54) is 6.92 Å². The first-order valence-electron chi connectivity index (χ1n) is 10.0. The molecule has 1 unspecified atom stereocenters. The summed E-state index contributed by atoms with van der Waals surface area (Å²) in [6, 6.07) is 11.4. The lowest BCUT2D eigenvalue weighted by atomic mass is 9.98. The highest BCUT2D eigenvalue weighted by molar-refractivity contribution is 5.94. The number of pyridine rings is 1. The Morgan fingerprint density at radius 1 is 1.20 bits per heavy atom. The summed E-state index contributed by atoms with van der Waals surface area (Å²) >= 11 is 0. The van der Waals surface area contributed by atoms with Crippen LogP contribution in [-0.4, -0.2) is 60.1 Å². The molecule has 2 atom stereocenters. The Hall–Kier alpha value is -3.42. The second-order valence-corrected chi connectivity index (χ2v) is 7.62. The molecule has 8 heteroatoms. The summed E-state index contributed by atoms with van der Waals surface area (Å²) in [5.41, 5.74) is 2.51. The third-order valence-electron chi connectivity index (χ3n) is 5.51. The number of carbonyl (C=O) groups is 3. The maximum absolute atomic E-state index is 12.6. The van der Waals surface area contributed by atoms with Gasteiger partial charge >= 0.3 is 6.09 Å². The second kappa shape index (κ2) is 8.52. The van der Waals surface area contributed by atoms with Crippen molar-refractivity contribution in [2.75, 3.05) is 31.1 Å². The minimum Gasteiger partial charge on any atom is -0.442 e. The van der Waals surface area contributed by atoms with Crippen LogP contribution in [0.2, 0.25) is 0 Å². The Morgan fingerprint density at radius 3 is 2.70 bits per heavy atom. The van der Waals surface area contributed by atoms with Gasteiger partial charge in [0, 0.05) is 44.0 Å². The van der Waals surface area contributed by atoms with E-state index < -0.39 is 6.09 Å². The number of hydrogen-bond donors (Lipinski definition) is 1. The number of benzene rings is 1. The molecule has 8 nitrogen and oxygen atoms in total. The molecule has 0 spiro atoms. The zero-order valence-corrected chi connectivity index (χ0v) is 16.8. The normalized spacial score (nSPS) is 20.9. The highest BCUT2D eigenvalue weighted by Gasteiger charge is 2.33. The summed E-state index contributed by atoms with van der Waals surface area (Å²) in [6.45, 7) is 3.51. The summed E-state index contributed by atoms with van der Waals surface area (Å²) in [7, 11) is 0. The molecule has 1 aromatic heterocycles. The van der Waals surface area contributed by atoms with Gasteiger partial charge in [0.2, 0.25) is 5.91 Å². The fourth-order valence-electron chi connectivity index (χ4n) is 3.91. The number of carbonyl (C=O) groups excluding carboxylic acids is 3. The molecule has 1 aromatic carbocycles. The van der Waals surface area contributed by atoms with Crippen LogP contribution in [0.1, 0.15) is 35.2 Å². The van der Waals surface area contributed by atoms with Gasteiger partial charge < -0.3 is 15.0 Å². The maximum Gasteiger partial charge on any atom is 0.414 e. The van der Waals surface area contributed by atoms with Gasteiger partial charge in [-0.3, -0.25) is 19.5 Å². The highest BCUT2D eigenvalue weighted by atomic mass is 16.6. The van der Waals surface area contributed by atoms with Crippen molar-refractivity contribution in [2.24, 2.45) is 0 Å². The van der Waals surface area contributed by atoms with Crippen LogP contribution in [0.15, 0.2) is 48.8 Å². The number of nitrogens with one attached hydrogen (secondary N) is 1. The lowest BCUT2D eigenvalue weighted by molar-refractivity contribution is -0.119. The first-order chi connectivity index (χ1) is 14.5. The minimum absolute atomic E-state index is 0.00671. The Morgan fingerprint density at radius 2 is 2.00 bits per heavy atom. The predicted molar refractivity (Wildman–Crippen MR) is 110 cm³/mol. The number of rotatable bonds is 5. The average molecular weight is 408 g/mol. The fourth-order valence-corrected chi connectivity index (χ4v) is 3.91. The molecular formula is C22H24N4O4. The molecule has 2 fully saturated rings. The van der Waals surface area contributed by atoms with Crippen LogP contribution >= 0.6 is 0 Å². The van der Waals surface area contributed by atoms with E-state index in [2.05, 4.69) is 10.3 Å². The molecular weight excluding hydrogens is 384 g/mol. The Labute approximate surface area is 174 Å². The predicted octanol–water partition coefficient (Wildman–Crippen LogP) is 2.17. The van der Waals surface area contributed by atoms with E-state index in [9.17, 15) is 14.4 Å². The van der Waals surface area contributed by atoms with Crippen molar-refractivity contribution in [2.45, 2.75) is 25.4 Å². The summed E-state index contributed by atoms with van der Waals surface area (Å²) in [4.78, 5) is 43.3. The van der Waals surface area contributed by atoms with Gasteiger partial charge in [-0.15, -0.1) is 0 Å². The number of ether oxygens (including phenoxy) is 1. The zero-order valence-electron chi connectivity index (χ0n) is 16.8. The van der Waals surface area contributed by atoms with Crippen molar-refractivity contribution >= 4 is 23.6 Å². The van der Waals surface area contributed by atoms with E-state index in [0.717, 1.165) is 17.7 Å². The van der Waals surface area contributed by atoms with Crippen LogP contribution in [-0.2, 0) is 9.53 Å². The van der Waals surface area contributed by atoms with E-state index in [4.69, 9.17) is 4.74 Å². The van der Waals surface area contributed by atoms with Crippen molar-refractivity contribution in [1.82, 2.24) is 15.2 Å². The van der Waals surface area contributed by atoms with Crippen molar-refractivity contribution < 1.29 is 19.1 Å². The molecule has 0 bridgehead atoms. The van der Waals surface area contributed by atoms with Gasteiger partial charge in [0.1, 0.15) is 6.10 Å². The number of cyclic esters (lactones) is 1. The molecule has 2 saturated heterocycles. The van der Waals surface area contributed by atoms with E-state index in [1.54, 1.807) is 29.4 Å². The highest BCUT2D eigenvalue weighted by Crippen LogP contribution is 2.30. The van der Waals surface area contributed by atoms with Gasteiger partial charge in [0.05, 0.1) is 18.7 Å². The number of nitrogens with zero attached hydrogens (tertiary/aromatic N) is 3. The number of likely N-dealkylation sites (tertiary alicyclic amines) is 1. The van der Waals surface area contributed by atoms with Crippen LogP contribution < -0.4 is 10.2 Å². The van der Waals surface area contributed by atoms with E-state index in [0.29, 0.717) is 31.7 Å². The van der Waals surface area contributed by atoms with Gasteiger partial charge in [0.15, 0.2) is 0 Å². The Balaban J connectivity index is 1.37. The molecule has 1 N–H and O–H groups in total. The van der Waals surface area contributed by atoms with Gasteiger partial charge in [0.25, 0.3) is 5.91 Å². The molecule has 2 aromatic rings. The molecule has 4 rings (SSSR count). The van der Waals surface area contributed by atoms with Crippen molar-refractivity contribution in [1.29, 1.82) is 0 Å². The first-order valence-corrected chi connectivity index (χ1v) is 10.0. The van der Waals surface area contributed by atoms with Gasteiger partial charge in [-0.05, 0) is 36.2 Å². The zero-order chi connectivity index (χ0) is 21.1. The average Bonchev–Trinajstić information content (AvgIpc) is 3.39. The lowest BCUT2D eigenvalue weighted by Gasteiger charge is -2.17. The third-order valence-corrected chi connectivity index (χ3v) is 5.51. The summed E-state index contributed by atoms with van der Waals surface area (Å²) in [5, 5.41) is 2.67. The van der Waals surface area contributed by atoms with Crippen molar-refractivity contribution in [3.05, 3.63) is 59.9 Å². The topological polar surface area (TPSA) is 91.8 Å². The molecule has 30 heavy (non-hydrogen) atoms. The molecule has 2 aliphatic rings. The van der Waals surface area contributed by atoms with Gasteiger partial charge in [-0.2, -0.15) is 0 Å². The van der Waals surface area contributed by atoms with Crippen LogP contribution in [0.4, 0.5) is 10.5 Å². The Bertz CT molecular complexity index is 932. The third kappa shape index (κ3) is 4.27. The van der Waals surface area contributed by atoms with E-state index >= 15 is 0 Å². The van der Waals surface area contributed by atoms with E-state index in [-0.39, 0.29) is 23.8 Å². The fraction of sp³-hybridized carbons (Fsp3) is 0.364. The van der Waals surface area contributed by atoms with Crippen LogP contribution in [0.25, 0.3) is 0 Å². The van der Waals surface area contributed by atoms with Crippen molar-refractivity contribution in [3.8, 4) is 0 Å². The molecule has 156 valence electrons. The van der Waals surface area contributed by atoms with Crippen LogP contribution in [0, 0.1) is 0 Å². The molecule has 2 aliphatic heterocycles. The molecule has 0 aliphatic carbocycles. The summed E-state index contributed by atoms with van der Waals surface area (Å²) < 4.78 is 5.31. The smallest absolute Gasteiger partial charge is 0.414 e. The maximum atomic E-state index is 12.6. The summed E-state index contributed by atoms with van der Waals surface area (Å²) in [6.07, 6.45) is 3.38. The number of hydrogen-bond acceptors (Lipinski definition) is 5. The van der Waals surface area contributed by atoms with Gasteiger partial charge in [-0.1, -0.05) is 12.1 Å². The monoisotopic (exact) mass is 408 g/mol. The number of amides is 3. The quantitative estimate of drug-likeness (QED) is 0.819. The minimum atomic E-state index is -0.410. The first kappa shape index (κ1) is 19.9. The summed E-state index contributed by atoms with van der Waals surface area (Å²) in [5.74, 6) is 0.117. The van der Waals surface area contributed by atoms with Crippen LogP contribution in [0.5, 0.6) is 0 Å². The standard InChI is InChI=1S/C22H24N4O4/c1-15(27)24-12-20-14-26(22(29)30-20)19-6-4-16(5-7-19)18-8-10-25(13-18)21(28)17-3-2-9-23-11-17/h2-7,9,11,18,20H,8,10,12-14H2,1H3,(H,24,27)/t18?,20-/m0/s1. The second-order valence-electron chi connectivity index (χ2n) is 7.62. The molecule has 0 radical (unpaired) electrons. The molecule has 0 saturated carbocycles. The van der Waals surface area contributed by atoms with E-state index in [1.807, 2.05) is 29.2 Å². The van der Waals surface area contributed by atoms with Gasteiger partial charge in [-0.25, -0.2) is 4.79 Å². The number of anilines is 1. The SMILES string of the molecule is CC(=O)NC[C@H]1CN(c2ccc(C3CCN(C(=O)c4cccnc4)C3)cc2)C(=O)O1. The van der Waals surface area contributed by atoms with Crippen LogP contribution in [0.3, 0.4) is 0 Å². The van der Waals surface area contributed by atoms with Crippen molar-refractivity contribution in [3.63, 3.8) is 0 Å².